The normalized spacial score (nSPS) is 18.4. The van der Waals surface area contributed by atoms with Crippen LogP contribution >= 0.6 is 11.6 Å². The summed E-state index contributed by atoms with van der Waals surface area (Å²) in [6, 6.07) is 5.00. The second-order valence-corrected chi connectivity index (χ2v) is 6.30. The van der Waals surface area contributed by atoms with Gasteiger partial charge >= 0.3 is 0 Å². The molecule has 0 bridgehead atoms. The number of hydrogen-bond donors (Lipinski definition) is 3. The van der Waals surface area contributed by atoms with Crippen molar-refractivity contribution in [1.29, 1.82) is 0 Å². The molecule has 0 unspecified atom stereocenters. The second kappa shape index (κ2) is 6.64. The van der Waals surface area contributed by atoms with Crippen molar-refractivity contribution < 1.29 is 9.90 Å². The number of nitrogens with zero attached hydrogens (tertiary/aromatic N) is 1. The summed E-state index contributed by atoms with van der Waals surface area (Å²) in [6.45, 7) is 4.18. The molecular weight excluding hydrogens is 290 g/mol. The summed E-state index contributed by atoms with van der Waals surface area (Å²) in [5.41, 5.74) is 6.29. The van der Waals surface area contributed by atoms with Crippen LogP contribution in [0.15, 0.2) is 18.2 Å². The molecule has 5 nitrogen and oxygen atoms in total. The number of benzene rings is 1. The number of anilines is 2. The van der Waals surface area contributed by atoms with Crippen molar-refractivity contribution in [3.05, 3.63) is 23.2 Å². The van der Waals surface area contributed by atoms with Gasteiger partial charge in [-0.3, -0.25) is 4.79 Å². The third-order valence-corrected chi connectivity index (χ3v) is 4.11. The van der Waals surface area contributed by atoms with Crippen molar-refractivity contribution in [2.75, 3.05) is 30.7 Å². The van der Waals surface area contributed by atoms with Crippen molar-refractivity contribution in [3.63, 3.8) is 0 Å². The molecular formula is C15H22ClN3O2. The third-order valence-electron chi connectivity index (χ3n) is 3.88. The minimum absolute atomic E-state index is 0.0821. The zero-order valence-electron chi connectivity index (χ0n) is 12.2. The first-order valence-corrected chi connectivity index (χ1v) is 7.53. The van der Waals surface area contributed by atoms with E-state index in [0.29, 0.717) is 29.4 Å². The van der Waals surface area contributed by atoms with E-state index in [1.807, 2.05) is 6.92 Å². The fourth-order valence-electron chi connectivity index (χ4n) is 2.37. The lowest BCUT2D eigenvalue weighted by Crippen LogP contribution is -2.43. The molecule has 1 aromatic carbocycles. The Kier molecular flexibility index (Phi) is 5.08. The second-order valence-electron chi connectivity index (χ2n) is 5.87. The van der Waals surface area contributed by atoms with Gasteiger partial charge in [0.2, 0.25) is 5.91 Å². The highest BCUT2D eigenvalue weighted by molar-refractivity contribution is 6.31. The van der Waals surface area contributed by atoms with Crippen LogP contribution in [0.5, 0.6) is 0 Å². The van der Waals surface area contributed by atoms with Gasteiger partial charge in [0.15, 0.2) is 0 Å². The Bertz CT molecular complexity index is 510. The Hall–Kier alpha value is -1.30. The molecule has 0 saturated carbocycles. The zero-order valence-corrected chi connectivity index (χ0v) is 13.0. The number of halogens is 1. The number of amides is 1. The van der Waals surface area contributed by atoms with Crippen LogP contribution in [0.25, 0.3) is 0 Å². The fourth-order valence-corrected chi connectivity index (χ4v) is 2.54. The number of carbonyl (C=O) groups excluding carboxylic acids is 1. The first-order chi connectivity index (χ1) is 9.85. The lowest BCUT2D eigenvalue weighted by Gasteiger charge is -2.35. The van der Waals surface area contributed by atoms with E-state index in [0.717, 1.165) is 25.9 Å². The van der Waals surface area contributed by atoms with E-state index in [1.54, 1.807) is 18.2 Å². The molecule has 1 fully saturated rings. The van der Waals surface area contributed by atoms with Gasteiger partial charge in [-0.15, -0.1) is 0 Å². The molecule has 1 amide bonds. The Labute approximate surface area is 130 Å². The molecule has 0 atom stereocenters. The van der Waals surface area contributed by atoms with Crippen LogP contribution in [-0.4, -0.2) is 41.1 Å². The van der Waals surface area contributed by atoms with E-state index in [9.17, 15) is 9.90 Å². The summed E-state index contributed by atoms with van der Waals surface area (Å²) >= 11 is 5.89. The number of carbonyl (C=O) groups is 1. The molecule has 1 saturated heterocycles. The van der Waals surface area contributed by atoms with Gasteiger partial charge in [-0.25, -0.2) is 0 Å². The van der Waals surface area contributed by atoms with Gasteiger partial charge in [-0.1, -0.05) is 11.6 Å². The minimum Gasteiger partial charge on any atom is -0.397 e. The van der Waals surface area contributed by atoms with Crippen molar-refractivity contribution in [3.8, 4) is 0 Å². The fraction of sp³-hybridized carbons (Fsp3) is 0.533. The monoisotopic (exact) mass is 311 g/mol. The summed E-state index contributed by atoms with van der Waals surface area (Å²) in [6.07, 6.45) is 1.89. The quantitative estimate of drug-likeness (QED) is 0.744. The molecule has 6 heteroatoms. The van der Waals surface area contributed by atoms with Crippen LogP contribution in [-0.2, 0) is 4.79 Å². The highest BCUT2D eigenvalue weighted by Gasteiger charge is 2.27. The molecule has 0 radical (unpaired) electrons. The Morgan fingerprint density at radius 1 is 1.48 bits per heavy atom. The largest absolute Gasteiger partial charge is 0.397 e. The van der Waals surface area contributed by atoms with Crippen molar-refractivity contribution in [1.82, 2.24) is 4.90 Å². The van der Waals surface area contributed by atoms with Gasteiger partial charge in [0.05, 0.1) is 17.0 Å². The molecule has 1 aliphatic rings. The molecule has 4 N–H and O–H groups in total. The number of aliphatic hydroxyl groups is 1. The molecule has 2 rings (SSSR count). The van der Waals surface area contributed by atoms with Crippen LogP contribution in [0.1, 0.15) is 26.2 Å². The molecule has 0 aromatic heterocycles. The van der Waals surface area contributed by atoms with Crippen LogP contribution in [0.4, 0.5) is 11.4 Å². The molecule has 116 valence electrons. The smallest absolute Gasteiger partial charge is 0.225 e. The predicted octanol–water partition coefficient (Wildman–Crippen LogP) is 2.10. The van der Waals surface area contributed by atoms with Crippen LogP contribution in [0.3, 0.4) is 0 Å². The van der Waals surface area contributed by atoms with Crippen LogP contribution < -0.4 is 11.1 Å². The average molecular weight is 312 g/mol. The number of nitrogen functional groups attached to an aromatic ring is 1. The zero-order chi connectivity index (χ0) is 15.5. The topological polar surface area (TPSA) is 78.6 Å². The summed E-state index contributed by atoms with van der Waals surface area (Å²) in [7, 11) is 0. The maximum Gasteiger partial charge on any atom is 0.225 e. The first kappa shape index (κ1) is 16.1. The summed E-state index contributed by atoms with van der Waals surface area (Å²) in [4.78, 5) is 14.2. The highest BCUT2D eigenvalue weighted by Crippen LogP contribution is 2.23. The Balaban J connectivity index is 1.79. The Morgan fingerprint density at radius 3 is 2.81 bits per heavy atom. The summed E-state index contributed by atoms with van der Waals surface area (Å²) < 4.78 is 0. The van der Waals surface area contributed by atoms with Gasteiger partial charge < -0.3 is 21.1 Å². The number of hydrogen-bond acceptors (Lipinski definition) is 4. The summed E-state index contributed by atoms with van der Waals surface area (Å²) in [5, 5.41) is 13.2. The molecule has 0 aliphatic carbocycles. The van der Waals surface area contributed by atoms with E-state index >= 15 is 0 Å². The highest BCUT2D eigenvalue weighted by atomic mass is 35.5. The van der Waals surface area contributed by atoms with E-state index in [-0.39, 0.29) is 5.91 Å². The van der Waals surface area contributed by atoms with Gasteiger partial charge in [-0.05, 0) is 38.0 Å². The lowest BCUT2D eigenvalue weighted by molar-refractivity contribution is -0.116. The molecule has 1 aliphatic heterocycles. The van der Waals surface area contributed by atoms with Gasteiger partial charge in [0.1, 0.15) is 0 Å². The number of piperidine rings is 1. The Morgan fingerprint density at radius 2 is 2.14 bits per heavy atom. The van der Waals surface area contributed by atoms with E-state index in [1.165, 1.54) is 0 Å². The summed E-state index contributed by atoms with van der Waals surface area (Å²) in [5.74, 6) is -0.0821. The van der Waals surface area contributed by atoms with E-state index in [2.05, 4.69) is 10.2 Å². The SMILES string of the molecule is CC1(O)CCN(CCC(=O)Nc2cc(Cl)ccc2N)CC1. The number of likely N-dealkylation sites (tertiary alicyclic amines) is 1. The van der Waals surface area contributed by atoms with Crippen LogP contribution in [0, 0.1) is 0 Å². The number of nitrogens with two attached hydrogens (primary N) is 1. The van der Waals surface area contributed by atoms with Gasteiger partial charge in [0, 0.05) is 31.1 Å². The third kappa shape index (κ3) is 4.88. The van der Waals surface area contributed by atoms with E-state index < -0.39 is 5.60 Å². The maximum absolute atomic E-state index is 12.0. The van der Waals surface area contributed by atoms with E-state index in [4.69, 9.17) is 17.3 Å². The number of rotatable bonds is 4. The minimum atomic E-state index is -0.562. The lowest BCUT2D eigenvalue weighted by atomic mass is 9.94. The average Bonchev–Trinajstić information content (AvgIpc) is 2.42. The molecule has 21 heavy (non-hydrogen) atoms. The maximum atomic E-state index is 12.0. The van der Waals surface area contributed by atoms with Crippen molar-refractivity contribution >= 4 is 28.9 Å². The standard InChI is InChI=1S/C15H22ClN3O2/c1-15(21)5-8-19(9-6-15)7-4-14(20)18-13-10-11(16)2-3-12(13)17/h2-3,10,21H,4-9,17H2,1H3,(H,18,20). The van der Waals surface area contributed by atoms with Crippen LogP contribution in [0.2, 0.25) is 5.02 Å². The first-order valence-electron chi connectivity index (χ1n) is 7.15. The molecule has 1 heterocycles. The molecule has 0 spiro atoms. The van der Waals surface area contributed by atoms with Crippen molar-refractivity contribution in [2.24, 2.45) is 0 Å². The van der Waals surface area contributed by atoms with Crippen molar-refractivity contribution in [2.45, 2.75) is 31.8 Å². The van der Waals surface area contributed by atoms with Gasteiger partial charge in [0.25, 0.3) is 0 Å². The molecule has 1 aromatic rings. The predicted molar refractivity (Wildman–Crippen MR) is 85.4 cm³/mol. The van der Waals surface area contributed by atoms with Gasteiger partial charge in [-0.2, -0.15) is 0 Å². The number of nitrogens with one attached hydrogen (secondary N) is 1.